The maximum atomic E-state index is 11.6. The van der Waals surface area contributed by atoms with Gasteiger partial charge in [-0.25, -0.2) is 0 Å². The largest absolute Gasteiger partial charge is 0.481 e. The Morgan fingerprint density at radius 1 is 1.67 bits per heavy atom. The van der Waals surface area contributed by atoms with E-state index < -0.39 is 11.4 Å². The highest BCUT2D eigenvalue weighted by atomic mass is 16.4. The van der Waals surface area contributed by atoms with E-state index in [0.29, 0.717) is 5.92 Å². The van der Waals surface area contributed by atoms with Crippen LogP contribution in [0.5, 0.6) is 0 Å². The number of rotatable bonds is 4. The smallest absolute Gasteiger partial charge is 0.309 e. The van der Waals surface area contributed by atoms with E-state index in [-0.39, 0.29) is 0 Å². The third-order valence-electron chi connectivity index (χ3n) is 4.20. The molecule has 1 fully saturated rings. The Balaban J connectivity index is 2.04. The number of carbonyl (C=O) groups is 1. The van der Waals surface area contributed by atoms with Crippen LogP contribution in [0.4, 0.5) is 0 Å². The predicted octanol–water partition coefficient (Wildman–Crippen LogP) is 2.63. The van der Waals surface area contributed by atoms with E-state index >= 15 is 0 Å². The standard InChI is InChI=1S/C14H22N2O2/c1-11-4-3-6-14(8-11,13(17)18)7-5-12-9-15-16(2)10-12/h9-11H,3-8H2,1-2H3,(H,17,18). The molecule has 1 aliphatic rings. The van der Waals surface area contributed by atoms with Crippen molar-refractivity contribution in [2.75, 3.05) is 0 Å². The van der Waals surface area contributed by atoms with E-state index in [1.807, 2.05) is 19.4 Å². The van der Waals surface area contributed by atoms with Gasteiger partial charge in [-0.1, -0.05) is 19.8 Å². The van der Waals surface area contributed by atoms with E-state index in [0.717, 1.165) is 37.7 Å². The van der Waals surface area contributed by atoms with Gasteiger partial charge in [-0.3, -0.25) is 9.48 Å². The molecular weight excluding hydrogens is 228 g/mol. The van der Waals surface area contributed by atoms with Crippen LogP contribution in [0.25, 0.3) is 0 Å². The molecule has 2 atom stereocenters. The summed E-state index contributed by atoms with van der Waals surface area (Å²) >= 11 is 0. The highest BCUT2D eigenvalue weighted by Crippen LogP contribution is 2.42. The number of hydrogen-bond donors (Lipinski definition) is 1. The summed E-state index contributed by atoms with van der Waals surface area (Å²) < 4.78 is 1.77. The van der Waals surface area contributed by atoms with Gasteiger partial charge in [0.1, 0.15) is 0 Å². The number of aromatic nitrogens is 2. The summed E-state index contributed by atoms with van der Waals surface area (Å²) in [6, 6.07) is 0. The van der Waals surface area contributed by atoms with E-state index in [4.69, 9.17) is 0 Å². The van der Waals surface area contributed by atoms with Gasteiger partial charge < -0.3 is 5.11 Å². The van der Waals surface area contributed by atoms with Crippen LogP contribution in [0.15, 0.2) is 12.4 Å². The Bertz CT molecular complexity index is 427. The highest BCUT2D eigenvalue weighted by molar-refractivity contribution is 5.74. The summed E-state index contributed by atoms with van der Waals surface area (Å²) in [5, 5.41) is 13.7. The molecule has 0 bridgehead atoms. The average Bonchev–Trinajstić information content (AvgIpc) is 2.72. The van der Waals surface area contributed by atoms with Gasteiger partial charge in [-0.15, -0.1) is 0 Å². The maximum Gasteiger partial charge on any atom is 0.309 e. The molecule has 1 heterocycles. The summed E-state index contributed by atoms with van der Waals surface area (Å²) in [5.74, 6) is -0.0818. The van der Waals surface area contributed by atoms with Crippen molar-refractivity contribution in [2.24, 2.45) is 18.4 Å². The molecule has 1 aromatic heterocycles. The summed E-state index contributed by atoms with van der Waals surface area (Å²) in [4.78, 5) is 11.6. The fourth-order valence-corrected chi connectivity index (χ4v) is 3.17. The molecule has 4 nitrogen and oxygen atoms in total. The van der Waals surface area contributed by atoms with Crippen LogP contribution in [0.3, 0.4) is 0 Å². The van der Waals surface area contributed by atoms with Crippen LogP contribution in [-0.4, -0.2) is 20.9 Å². The zero-order valence-corrected chi connectivity index (χ0v) is 11.2. The van der Waals surface area contributed by atoms with Crippen molar-refractivity contribution in [3.05, 3.63) is 18.0 Å². The van der Waals surface area contributed by atoms with Gasteiger partial charge in [0.15, 0.2) is 0 Å². The minimum absolute atomic E-state index is 0.506. The van der Waals surface area contributed by atoms with Crippen LogP contribution in [0.2, 0.25) is 0 Å². The SMILES string of the molecule is CC1CCCC(CCc2cnn(C)c2)(C(=O)O)C1. The van der Waals surface area contributed by atoms with E-state index in [2.05, 4.69) is 12.0 Å². The maximum absolute atomic E-state index is 11.6. The summed E-state index contributed by atoms with van der Waals surface area (Å²) in [6.07, 6.45) is 9.22. The molecule has 0 aromatic carbocycles. The molecule has 1 aromatic rings. The number of carboxylic acids is 1. The molecule has 1 aliphatic carbocycles. The van der Waals surface area contributed by atoms with Crippen molar-refractivity contribution in [3.63, 3.8) is 0 Å². The van der Waals surface area contributed by atoms with Crippen molar-refractivity contribution >= 4 is 5.97 Å². The Morgan fingerprint density at radius 3 is 3.00 bits per heavy atom. The van der Waals surface area contributed by atoms with Gasteiger partial charge in [-0.2, -0.15) is 5.10 Å². The van der Waals surface area contributed by atoms with Crippen LogP contribution >= 0.6 is 0 Å². The van der Waals surface area contributed by atoms with Crippen LogP contribution in [0.1, 0.15) is 44.6 Å². The molecule has 0 saturated heterocycles. The highest BCUT2D eigenvalue weighted by Gasteiger charge is 2.41. The molecular formula is C14H22N2O2. The minimum Gasteiger partial charge on any atom is -0.481 e. The second-order valence-electron chi connectivity index (χ2n) is 5.81. The summed E-state index contributed by atoms with van der Waals surface area (Å²) in [6.45, 7) is 2.17. The Kier molecular flexibility index (Phi) is 3.73. The third kappa shape index (κ3) is 2.74. The predicted molar refractivity (Wildman–Crippen MR) is 69.2 cm³/mol. The third-order valence-corrected chi connectivity index (χ3v) is 4.20. The zero-order valence-electron chi connectivity index (χ0n) is 11.2. The number of carboxylic acid groups (broad SMARTS) is 1. The Morgan fingerprint density at radius 2 is 2.44 bits per heavy atom. The first-order valence-corrected chi connectivity index (χ1v) is 6.73. The molecule has 18 heavy (non-hydrogen) atoms. The molecule has 100 valence electrons. The normalized spacial score (nSPS) is 28.2. The van der Waals surface area contributed by atoms with Crippen molar-refractivity contribution in [3.8, 4) is 0 Å². The second-order valence-corrected chi connectivity index (χ2v) is 5.81. The number of aliphatic carboxylic acids is 1. The fourth-order valence-electron chi connectivity index (χ4n) is 3.17. The topological polar surface area (TPSA) is 55.1 Å². The van der Waals surface area contributed by atoms with Crippen molar-refractivity contribution < 1.29 is 9.90 Å². The molecule has 2 unspecified atom stereocenters. The van der Waals surface area contributed by atoms with Crippen LogP contribution < -0.4 is 0 Å². The summed E-state index contributed by atoms with van der Waals surface area (Å²) in [5.41, 5.74) is 0.629. The average molecular weight is 250 g/mol. The van der Waals surface area contributed by atoms with E-state index in [1.165, 1.54) is 6.42 Å². The van der Waals surface area contributed by atoms with Crippen LogP contribution in [0, 0.1) is 11.3 Å². The molecule has 0 amide bonds. The lowest BCUT2D eigenvalue weighted by atomic mass is 9.67. The van der Waals surface area contributed by atoms with Gasteiger partial charge in [0.25, 0.3) is 0 Å². The van der Waals surface area contributed by atoms with Gasteiger partial charge in [-0.05, 0) is 37.2 Å². The van der Waals surface area contributed by atoms with Crippen molar-refractivity contribution in [1.29, 1.82) is 0 Å². The number of nitrogens with zero attached hydrogens (tertiary/aromatic N) is 2. The number of aryl methyl sites for hydroxylation is 2. The fraction of sp³-hybridized carbons (Fsp3) is 0.714. The second kappa shape index (κ2) is 5.12. The monoisotopic (exact) mass is 250 g/mol. The van der Waals surface area contributed by atoms with Gasteiger partial charge in [0.05, 0.1) is 11.6 Å². The van der Waals surface area contributed by atoms with Crippen LogP contribution in [-0.2, 0) is 18.3 Å². The summed E-state index contributed by atoms with van der Waals surface area (Å²) in [7, 11) is 1.89. The quantitative estimate of drug-likeness (QED) is 0.893. The molecule has 0 aliphatic heterocycles. The first-order valence-electron chi connectivity index (χ1n) is 6.73. The zero-order chi connectivity index (χ0) is 13.2. The Labute approximate surface area is 108 Å². The lowest BCUT2D eigenvalue weighted by molar-refractivity contribution is -0.152. The van der Waals surface area contributed by atoms with E-state index in [1.54, 1.807) is 4.68 Å². The molecule has 0 spiro atoms. The molecule has 0 radical (unpaired) electrons. The van der Waals surface area contributed by atoms with Crippen molar-refractivity contribution in [1.82, 2.24) is 9.78 Å². The number of hydrogen-bond acceptors (Lipinski definition) is 2. The first-order chi connectivity index (χ1) is 8.52. The van der Waals surface area contributed by atoms with Gasteiger partial charge >= 0.3 is 5.97 Å². The van der Waals surface area contributed by atoms with Gasteiger partial charge in [0.2, 0.25) is 0 Å². The minimum atomic E-state index is -0.613. The molecule has 1 N–H and O–H groups in total. The Hall–Kier alpha value is -1.32. The molecule has 2 rings (SSSR count). The lowest BCUT2D eigenvalue weighted by Crippen LogP contribution is -2.36. The lowest BCUT2D eigenvalue weighted by Gasteiger charge is -2.36. The molecule has 1 saturated carbocycles. The first kappa shape index (κ1) is 13.1. The van der Waals surface area contributed by atoms with E-state index in [9.17, 15) is 9.90 Å². The van der Waals surface area contributed by atoms with Crippen molar-refractivity contribution in [2.45, 2.75) is 45.4 Å². The molecule has 4 heteroatoms. The van der Waals surface area contributed by atoms with Gasteiger partial charge in [0, 0.05) is 13.2 Å².